The molecule has 0 unspecified atom stereocenters. The van der Waals surface area contributed by atoms with Gasteiger partial charge < -0.3 is 29.7 Å². The van der Waals surface area contributed by atoms with Crippen molar-refractivity contribution in [1.82, 2.24) is 20.2 Å². The third kappa shape index (κ3) is 10.4. The lowest BCUT2D eigenvalue weighted by Crippen LogP contribution is -2.54. The lowest BCUT2D eigenvalue weighted by Gasteiger charge is -2.38. The molecular weight excluding hydrogens is 598 g/mol. The molecule has 0 saturated carbocycles. The lowest BCUT2D eigenvalue weighted by molar-refractivity contribution is -0.0533. The molecule has 3 aliphatic heterocycles. The smallest absolute Gasteiger partial charge is 0.272 e. The van der Waals surface area contributed by atoms with E-state index < -0.39 is 10.1 Å². The summed E-state index contributed by atoms with van der Waals surface area (Å²) >= 11 is 0. The normalized spacial score (nSPS) is 24.4. The number of methoxy groups -OCH3 is 1. The molecule has 250 valence electrons. The van der Waals surface area contributed by atoms with E-state index in [4.69, 9.17) is 18.8 Å². The number of carbonyl (C=O) groups is 1. The van der Waals surface area contributed by atoms with Crippen molar-refractivity contribution in [3.63, 3.8) is 0 Å². The minimum Gasteiger partial charge on any atom is -0.379 e. The molecule has 0 spiro atoms. The Morgan fingerprint density at radius 3 is 2.47 bits per heavy atom. The van der Waals surface area contributed by atoms with Gasteiger partial charge in [0, 0.05) is 51.0 Å². The van der Waals surface area contributed by atoms with Crippen molar-refractivity contribution in [2.24, 2.45) is 0 Å². The minimum atomic E-state index is -3.66. The number of aryl methyl sites for hydroxylation is 1. The molecule has 0 aliphatic carbocycles. The molecule has 3 saturated heterocycles. The van der Waals surface area contributed by atoms with E-state index in [1.165, 1.54) is 24.4 Å². The van der Waals surface area contributed by atoms with Crippen molar-refractivity contribution < 1.29 is 32.0 Å². The van der Waals surface area contributed by atoms with Crippen molar-refractivity contribution in [2.75, 3.05) is 51.0 Å². The van der Waals surface area contributed by atoms with Gasteiger partial charge in [-0.3, -0.25) is 9.35 Å². The van der Waals surface area contributed by atoms with Crippen molar-refractivity contribution in [3.8, 4) is 0 Å². The van der Waals surface area contributed by atoms with Gasteiger partial charge in [-0.05, 0) is 64.9 Å². The fraction of sp³-hybridized carbons (Fsp3) is 0.656. The third-order valence-electron chi connectivity index (χ3n) is 8.79. The highest BCUT2D eigenvalue weighted by Crippen LogP contribution is 2.31. The van der Waals surface area contributed by atoms with Crippen LogP contribution in [-0.4, -0.2) is 104 Å². The Balaban J connectivity index is 0.000000700. The van der Waals surface area contributed by atoms with Gasteiger partial charge in [-0.1, -0.05) is 29.8 Å². The first kappa shape index (κ1) is 35.2. The molecular formula is C32H49N5O7S. The average molecular weight is 648 g/mol. The van der Waals surface area contributed by atoms with Crippen LogP contribution >= 0.6 is 0 Å². The summed E-state index contributed by atoms with van der Waals surface area (Å²) in [6.07, 6.45) is 7.75. The maximum Gasteiger partial charge on any atom is 0.272 e. The molecule has 2 aromatic rings. The van der Waals surface area contributed by atoms with E-state index >= 15 is 0 Å². The molecule has 45 heavy (non-hydrogen) atoms. The zero-order valence-corrected chi connectivity index (χ0v) is 27.7. The molecule has 3 fully saturated rings. The van der Waals surface area contributed by atoms with Crippen molar-refractivity contribution in [1.29, 1.82) is 0 Å². The van der Waals surface area contributed by atoms with Crippen molar-refractivity contribution >= 4 is 21.8 Å². The van der Waals surface area contributed by atoms with Crippen LogP contribution in [0.3, 0.4) is 0 Å². The van der Waals surface area contributed by atoms with Crippen LogP contribution in [0.1, 0.15) is 78.7 Å². The number of likely N-dealkylation sites (tertiary alicyclic amines) is 1. The molecule has 1 amide bonds. The summed E-state index contributed by atoms with van der Waals surface area (Å²) in [5, 5.41) is 7.20. The SMILES string of the molecule is CCS(=O)(=O)O.CO[C@H]1COCC[C@H]1NC1CCN(C(=O)c2ncnc(NC[C@H]3CCC[C@@H](c4ccc(C)cc4)O3)c2C)CC1. The fourth-order valence-electron chi connectivity index (χ4n) is 5.97. The lowest BCUT2D eigenvalue weighted by atomic mass is 9.97. The quantitative estimate of drug-likeness (QED) is 0.342. The van der Waals surface area contributed by atoms with Gasteiger partial charge in [-0.2, -0.15) is 8.42 Å². The van der Waals surface area contributed by atoms with Crippen molar-refractivity contribution in [3.05, 3.63) is 53.0 Å². The third-order valence-corrected chi connectivity index (χ3v) is 9.52. The second-order valence-corrected chi connectivity index (χ2v) is 13.8. The van der Waals surface area contributed by atoms with Gasteiger partial charge >= 0.3 is 0 Å². The summed E-state index contributed by atoms with van der Waals surface area (Å²) in [5.41, 5.74) is 3.76. The summed E-state index contributed by atoms with van der Waals surface area (Å²) in [7, 11) is -1.92. The minimum absolute atomic E-state index is 0.0226. The molecule has 12 nitrogen and oxygen atoms in total. The number of anilines is 1. The van der Waals surface area contributed by atoms with Crippen LogP contribution in [0, 0.1) is 13.8 Å². The van der Waals surface area contributed by atoms with Gasteiger partial charge in [0.15, 0.2) is 0 Å². The van der Waals surface area contributed by atoms with Crippen LogP contribution in [0.5, 0.6) is 0 Å². The predicted molar refractivity (Wildman–Crippen MR) is 172 cm³/mol. The Bertz CT molecular complexity index is 1340. The standard InChI is InChI=1S/C30H43N5O4.C2H6O3S/c1-20-7-9-22(10-8-20)26-6-4-5-24(39-26)17-31-29-21(2)28(32-19-33-29)30(36)35-14-11-23(12-15-35)34-25-13-16-38-18-27(25)37-3;1-2-6(3,4)5/h7-10,19,23-27,34H,4-6,11-18H2,1-3H3,(H,31,32,33);2H2,1H3,(H,3,4,5)/t24-,25-,26+,27+;/m1./s1. The first-order valence-electron chi connectivity index (χ1n) is 16.0. The number of piperidine rings is 1. The van der Waals surface area contributed by atoms with Crippen molar-refractivity contribution in [2.45, 2.75) is 89.7 Å². The Hall–Kier alpha value is -2.68. The van der Waals surface area contributed by atoms with E-state index in [1.807, 2.05) is 11.8 Å². The molecule has 1 aromatic carbocycles. The number of amides is 1. The Kier molecular flexibility index (Phi) is 13.1. The number of hydrogen-bond donors (Lipinski definition) is 3. The van der Waals surface area contributed by atoms with E-state index in [9.17, 15) is 13.2 Å². The zero-order chi connectivity index (χ0) is 32.4. The number of benzene rings is 1. The number of nitrogens with one attached hydrogen (secondary N) is 2. The van der Waals surface area contributed by atoms with Gasteiger partial charge in [-0.15, -0.1) is 0 Å². The van der Waals surface area contributed by atoms with Crippen LogP contribution in [-0.2, 0) is 24.3 Å². The highest BCUT2D eigenvalue weighted by molar-refractivity contribution is 7.85. The molecule has 4 atom stereocenters. The van der Waals surface area contributed by atoms with Gasteiger partial charge in [0.25, 0.3) is 16.0 Å². The molecule has 0 radical (unpaired) electrons. The van der Waals surface area contributed by atoms with Crippen LogP contribution in [0.25, 0.3) is 0 Å². The first-order chi connectivity index (χ1) is 21.6. The monoisotopic (exact) mass is 647 g/mol. The van der Waals surface area contributed by atoms with E-state index in [2.05, 4.69) is 51.8 Å². The van der Waals surface area contributed by atoms with Gasteiger partial charge in [0.05, 0.1) is 30.7 Å². The molecule has 4 heterocycles. The van der Waals surface area contributed by atoms with Gasteiger partial charge in [0.1, 0.15) is 17.8 Å². The highest BCUT2D eigenvalue weighted by atomic mass is 32.2. The number of ether oxygens (including phenoxy) is 3. The van der Waals surface area contributed by atoms with Crippen LogP contribution in [0.2, 0.25) is 0 Å². The highest BCUT2D eigenvalue weighted by Gasteiger charge is 2.31. The predicted octanol–water partition coefficient (Wildman–Crippen LogP) is 3.71. The Morgan fingerprint density at radius 1 is 1.09 bits per heavy atom. The van der Waals surface area contributed by atoms with Gasteiger partial charge in [0.2, 0.25) is 0 Å². The Labute approximate surface area is 267 Å². The number of hydrogen-bond acceptors (Lipinski definition) is 10. The second-order valence-electron chi connectivity index (χ2n) is 12.0. The largest absolute Gasteiger partial charge is 0.379 e. The summed E-state index contributed by atoms with van der Waals surface area (Å²) in [4.78, 5) is 24.2. The molecule has 1 aromatic heterocycles. The molecule has 5 rings (SSSR count). The summed E-state index contributed by atoms with van der Waals surface area (Å²) in [6.45, 7) is 8.87. The van der Waals surface area contributed by atoms with E-state index in [1.54, 1.807) is 7.11 Å². The maximum atomic E-state index is 13.4. The second kappa shape index (κ2) is 16.8. The summed E-state index contributed by atoms with van der Waals surface area (Å²) in [5.74, 6) is 0.481. The topological polar surface area (TPSA) is 152 Å². The molecule has 3 N–H and O–H groups in total. The summed E-state index contributed by atoms with van der Waals surface area (Å²) in [6, 6.07) is 9.30. The number of rotatable bonds is 9. The van der Waals surface area contributed by atoms with E-state index in [0.717, 1.165) is 50.7 Å². The summed E-state index contributed by atoms with van der Waals surface area (Å²) < 4.78 is 44.5. The van der Waals surface area contributed by atoms with Gasteiger partial charge in [-0.25, -0.2) is 9.97 Å². The van der Waals surface area contributed by atoms with Crippen LogP contribution in [0.15, 0.2) is 30.6 Å². The molecule has 3 aliphatic rings. The first-order valence-corrected chi connectivity index (χ1v) is 17.6. The zero-order valence-electron chi connectivity index (χ0n) is 26.9. The Morgan fingerprint density at radius 2 is 1.80 bits per heavy atom. The number of nitrogens with zero attached hydrogens (tertiary/aromatic N) is 3. The number of carbonyl (C=O) groups excluding carboxylic acids is 1. The van der Waals surface area contributed by atoms with E-state index in [0.29, 0.717) is 49.8 Å². The molecule has 0 bridgehead atoms. The average Bonchev–Trinajstić information content (AvgIpc) is 3.05. The molecule has 13 heteroatoms. The maximum absolute atomic E-state index is 13.4. The number of aromatic nitrogens is 2. The fourth-order valence-corrected chi connectivity index (χ4v) is 5.97. The van der Waals surface area contributed by atoms with E-state index in [-0.39, 0.29) is 30.0 Å². The van der Waals surface area contributed by atoms with Crippen LogP contribution < -0.4 is 10.6 Å². The van der Waals surface area contributed by atoms with Crippen LogP contribution in [0.4, 0.5) is 5.82 Å².